The van der Waals surface area contributed by atoms with Gasteiger partial charge in [-0.25, -0.2) is 0 Å². The van der Waals surface area contributed by atoms with E-state index in [0.29, 0.717) is 19.0 Å². The maximum absolute atomic E-state index is 12.2. The molecule has 1 heterocycles. The molecule has 6 heteroatoms. The third-order valence-corrected chi connectivity index (χ3v) is 3.82. The SMILES string of the molecule is Cc1cc(C)cc(OCCN(C)C(C)C(=O)Nc2cc(C)no2)c1. The number of likely N-dealkylation sites (N-methyl/N-ethyl adjacent to an activating group) is 1. The predicted molar refractivity (Wildman–Crippen MR) is 93.4 cm³/mol. The Labute approximate surface area is 142 Å². The number of nitrogens with zero attached hydrogens (tertiary/aromatic N) is 2. The van der Waals surface area contributed by atoms with Crippen molar-refractivity contribution in [3.05, 3.63) is 41.1 Å². The molecule has 1 unspecified atom stereocenters. The third kappa shape index (κ3) is 5.09. The largest absolute Gasteiger partial charge is 0.492 e. The summed E-state index contributed by atoms with van der Waals surface area (Å²) in [7, 11) is 1.89. The Morgan fingerprint density at radius 2 is 1.92 bits per heavy atom. The number of ether oxygens (including phenoxy) is 1. The second-order valence-corrected chi connectivity index (χ2v) is 6.15. The van der Waals surface area contributed by atoms with Gasteiger partial charge in [0, 0.05) is 12.6 Å². The van der Waals surface area contributed by atoms with E-state index < -0.39 is 0 Å². The molecule has 0 spiro atoms. The number of anilines is 1. The molecule has 0 bridgehead atoms. The van der Waals surface area contributed by atoms with E-state index in [1.807, 2.05) is 44.9 Å². The van der Waals surface area contributed by atoms with Crippen LogP contribution in [-0.2, 0) is 4.79 Å². The number of nitrogens with one attached hydrogen (secondary N) is 1. The van der Waals surface area contributed by atoms with E-state index in [1.165, 1.54) is 11.1 Å². The maximum atomic E-state index is 12.2. The monoisotopic (exact) mass is 331 g/mol. The Kier molecular flexibility index (Phi) is 5.98. The van der Waals surface area contributed by atoms with Crippen molar-refractivity contribution in [2.24, 2.45) is 0 Å². The molecule has 1 amide bonds. The average molecular weight is 331 g/mol. The molecule has 1 N–H and O–H groups in total. The Morgan fingerprint density at radius 3 is 2.50 bits per heavy atom. The highest BCUT2D eigenvalue weighted by Crippen LogP contribution is 2.16. The van der Waals surface area contributed by atoms with Crippen LogP contribution in [0.25, 0.3) is 0 Å². The van der Waals surface area contributed by atoms with Crippen molar-refractivity contribution in [2.45, 2.75) is 33.7 Å². The van der Waals surface area contributed by atoms with E-state index in [4.69, 9.17) is 9.26 Å². The molecule has 0 fully saturated rings. The predicted octanol–water partition coefficient (Wildman–Crippen LogP) is 2.94. The summed E-state index contributed by atoms with van der Waals surface area (Å²) in [6.45, 7) is 8.89. The van der Waals surface area contributed by atoms with Gasteiger partial charge in [0.1, 0.15) is 12.4 Å². The molecular formula is C18H25N3O3. The minimum absolute atomic E-state index is 0.139. The van der Waals surface area contributed by atoms with Crippen LogP contribution in [0, 0.1) is 20.8 Å². The molecular weight excluding hydrogens is 306 g/mol. The lowest BCUT2D eigenvalue weighted by Crippen LogP contribution is -2.41. The van der Waals surface area contributed by atoms with Gasteiger partial charge in [-0.05, 0) is 58.0 Å². The highest BCUT2D eigenvalue weighted by Gasteiger charge is 2.19. The molecule has 6 nitrogen and oxygen atoms in total. The zero-order chi connectivity index (χ0) is 17.7. The van der Waals surface area contributed by atoms with E-state index in [9.17, 15) is 4.79 Å². The molecule has 0 aliphatic heterocycles. The molecule has 0 aliphatic rings. The third-order valence-electron chi connectivity index (χ3n) is 3.82. The summed E-state index contributed by atoms with van der Waals surface area (Å²) in [6.07, 6.45) is 0. The number of carbonyl (C=O) groups is 1. The molecule has 0 saturated heterocycles. The summed E-state index contributed by atoms with van der Waals surface area (Å²) in [5.74, 6) is 1.08. The second kappa shape index (κ2) is 7.97. The fourth-order valence-corrected chi connectivity index (χ4v) is 2.37. The number of hydrogen-bond acceptors (Lipinski definition) is 5. The van der Waals surface area contributed by atoms with Crippen molar-refractivity contribution in [3.8, 4) is 5.75 Å². The van der Waals surface area contributed by atoms with Crippen LogP contribution >= 0.6 is 0 Å². The van der Waals surface area contributed by atoms with Crippen molar-refractivity contribution < 1.29 is 14.1 Å². The topological polar surface area (TPSA) is 67.6 Å². The van der Waals surface area contributed by atoms with Crippen LogP contribution in [0.4, 0.5) is 5.88 Å². The van der Waals surface area contributed by atoms with Gasteiger partial charge in [-0.2, -0.15) is 0 Å². The Morgan fingerprint density at radius 1 is 1.25 bits per heavy atom. The number of rotatable bonds is 7. The Balaban J connectivity index is 1.80. The standard InChI is InChI=1S/C18H25N3O3/c1-12-8-13(2)10-16(9-12)23-7-6-21(5)15(4)18(22)19-17-11-14(3)20-24-17/h8-11,15H,6-7H2,1-5H3,(H,19,22). The van der Waals surface area contributed by atoms with Crippen LogP contribution in [0.1, 0.15) is 23.7 Å². The number of amides is 1. The summed E-state index contributed by atoms with van der Waals surface area (Å²) in [5.41, 5.74) is 3.08. The fourth-order valence-electron chi connectivity index (χ4n) is 2.37. The highest BCUT2D eigenvalue weighted by molar-refractivity contribution is 5.93. The molecule has 1 aromatic heterocycles. The zero-order valence-electron chi connectivity index (χ0n) is 14.9. The lowest BCUT2D eigenvalue weighted by atomic mass is 10.1. The van der Waals surface area contributed by atoms with Gasteiger partial charge in [0.25, 0.3) is 0 Å². The van der Waals surface area contributed by atoms with Gasteiger partial charge in [-0.1, -0.05) is 11.2 Å². The molecule has 0 aliphatic carbocycles. The number of carbonyl (C=O) groups excluding carboxylic acids is 1. The minimum atomic E-state index is -0.307. The Hall–Kier alpha value is -2.34. The normalized spacial score (nSPS) is 12.2. The van der Waals surface area contributed by atoms with Crippen molar-refractivity contribution >= 4 is 11.8 Å². The number of hydrogen-bond donors (Lipinski definition) is 1. The molecule has 24 heavy (non-hydrogen) atoms. The smallest absolute Gasteiger partial charge is 0.243 e. The van der Waals surface area contributed by atoms with Gasteiger partial charge in [-0.3, -0.25) is 15.0 Å². The lowest BCUT2D eigenvalue weighted by molar-refractivity contribution is -0.120. The van der Waals surface area contributed by atoms with E-state index in [1.54, 1.807) is 13.0 Å². The molecule has 1 atom stereocenters. The average Bonchev–Trinajstić information content (AvgIpc) is 2.90. The van der Waals surface area contributed by atoms with Gasteiger partial charge < -0.3 is 9.26 Å². The van der Waals surface area contributed by atoms with Gasteiger partial charge in [0.05, 0.1) is 11.7 Å². The molecule has 0 saturated carbocycles. The molecule has 0 radical (unpaired) electrons. The van der Waals surface area contributed by atoms with Crippen LogP contribution < -0.4 is 10.1 Å². The van der Waals surface area contributed by atoms with Crippen molar-refractivity contribution in [1.82, 2.24) is 10.1 Å². The minimum Gasteiger partial charge on any atom is -0.492 e. The summed E-state index contributed by atoms with van der Waals surface area (Å²) in [4.78, 5) is 14.1. The first-order valence-electron chi connectivity index (χ1n) is 8.00. The number of aryl methyl sites for hydroxylation is 3. The fraction of sp³-hybridized carbons (Fsp3) is 0.444. The second-order valence-electron chi connectivity index (χ2n) is 6.15. The van der Waals surface area contributed by atoms with Crippen LogP contribution in [0.15, 0.2) is 28.8 Å². The quantitative estimate of drug-likeness (QED) is 0.845. The highest BCUT2D eigenvalue weighted by atomic mass is 16.5. The number of benzene rings is 1. The summed E-state index contributed by atoms with van der Waals surface area (Å²) >= 11 is 0. The van der Waals surface area contributed by atoms with E-state index in [-0.39, 0.29) is 11.9 Å². The van der Waals surface area contributed by atoms with Crippen LogP contribution in [0.3, 0.4) is 0 Å². The maximum Gasteiger partial charge on any atom is 0.243 e. The van der Waals surface area contributed by atoms with Crippen LogP contribution in [-0.4, -0.2) is 42.2 Å². The molecule has 2 aromatic rings. The van der Waals surface area contributed by atoms with Crippen LogP contribution in [0.2, 0.25) is 0 Å². The first kappa shape index (κ1) is 18.0. The molecule has 130 valence electrons. The van der Waals surface area contributed by atoms with Gasteiger partial charge in [0.15, 0.2) is 0 Å². The van der Waals surface area contributed by atoms with Crippen molar-refractivity contribution in [2.75, 3.05) is 25.5 Å². The summed E-state index contributed by atoms with van der Waals surface area (Å²) < 4.78 is 10.8. The zero-order valence-corrected chi connectivity index (χ0v) is 14.9. The van der Waals surface area contributed by atoms with E-state index in [2.05, 4.69) is 16.5 Å². The van der Waals surface area contributed by atoms with Gasteiger partial charge in [0.2, 0.25) is 11.8 Å². The first-order valence-corrected chi connectivity index (χ1v) is 8.00. The summed E-state index contributed by atoms with van der Waals surface area (Å²) in [5, 5.41) is 6.46. The summed E-state index contributed by atoms with van der Waals surface area (Å²) in [6, 6.07) is 7.51. The molecule has 1 aromatic carbocycles. The first-order chi connectivity index (χ1) is 11.3. The van der Waals surface area contributed by atoms with Gasteiger partial charge >= 0.3 is 0 Å². The van der Waals surface area contributed by atoms with Crippen LogP contribution in [0.5, 0.6) is 5.75 Å². The molecule has 2 rings (SSSR count). The van der Waals surface area contributed by atoms with E-state index in [0.717, 1.165) is 11.4 Å². The Bertz CT molecular complexity index is 676. The van der Waals surface area contributed by atoms with Crippen molar-refractivity contribution in [3.63, 3.8) is 0 Å². The van der Waals surface area contributed by atoms with E-state index >= 15 is 0 Å². The number of aromatic nitrogens is 1. The van der Waals surface area contributed by atoms with Crippen molar-refractivity contribution in [1.29, 1.82) is 0 Å². The lowest BCUT2D eigenvalue weighted by Gasteiger charge is -2.23. The van der Waals surface area contributed by atoms with Gasteiger partial charge in [-0.15, -0.1) is 0 Å².